The van der Waals surface area contributed by atoms with Gasteiger partial charge in [0.05, 0.1) is 18.8 Å². The van der Waals surface area contributed by atoms with Gasteiger partial charge in [0.2, 0.25) is 11.8 Å². The first-order chi connectivity index (χ1) is 12.0. The largest absolute Gasteiger partial charge is 0.381 e. The Kier molecular flexibility index (Phi) is 4.50. The molecule has 0 aromatic heterocycles. The van der Waals surface area contributed by atoms with Crippen LogP contribution in [0.1, 0.15) is 12.8 Å². The number of hydrogen-bond donors (Lipinski definition) is 0. The van der Waals surface area contributed by atoms with Crippen molar-refractivity contribution in [3.8, 4) is 0 Å². The Balaban J connectivity index is 1.31. The first-order valence-electron chi connectivity index (χ1n) is 9.42. The molecule has 1 unspecified atom stereocenters. The molecule has 0 N–H and O–H groups in total. The average Bonchev–Trinajstić information content (AvgIpc) is 3.07. The van der Waals surface area contributed by atoms with Crippen molar-refractivity contribution < 1.29 is 19.1 Å². The highest BCUT2D eigenvalue weighted by molar-refractivity contribution is 5.83. The fraction of sp³-hybridized carbons (Fsp3) is 0.889. The van der Waals surface area contributed by atoms with Gasteiger partial charge in [-0.15, -0.1) is 0 Å². The van der Waals surface area contributed by atoms with Crippen molar-refractivity contribution in [2.75, 3.05) is 66.6 Å². The van der Waals surface area contributed by atoms with Crippen LogP contribution in [-0.4, -0.2) is 98.8 Å². The van der Waals surface area contributed by atoms with Crippen LogP contribution in [-0.2, 0) is 19.1 Å². The maximum absolute atomic E-state index is 12.7. The number of carbonyl (C=O) groups is 2. The zero-order chi connectivity index (χ0) is 17.6. The minimum atomic E-state index is -0.264. The number of likely N-dealkylation sites (tertiary alicyclic amines) is 1. The Bertz CT molecular complexity index is 534. The zero-order valence-corrected chi connectivity index (χ0v) is 15.3. The van der Waals surface area contributed by atoms with E-state index in [0.29, 0.717) is 24.3 Å². The molecule has 140 valence electrons. The van der Waals surface area contributed by atoms with Gasteiger partial charge in [-0.2, -0.15) is 0 Å². The van der Waals surface area contributed by atoms with Crippen LogP contribution in [0.15, 0.2) is 0 Å². The molecule has 4 fully saturated rings. The van der Waals surface area contributed by atoms with E-state index in [9.17, 15) is 9.59 Å². The van der Waals surface area contributed by atoms with Crippen LogP contribution >= 0.6 is 0 Å². The summed E-state index contributed by atoms with van der Waals surface area (Å²) in [7, 11) is 4.03. The standard InChI is InChI=1S/C18H29N3O4/c1-19(2)7-8-21-12-18(25-11-15(21)22)3-5-20(6-4-18)17(23)16-13-9-24-10-14(13)16/h13-14,16H,3-12H2,1-2H3/t13-,14+,16?. The molecular weight excluding hydrogens is 322 g/mol. The molecule has 2 amide bonds. The third-order valence-corrected chi connectivity index (χ3v) is 6.37. The van der Waals surface area contributed by atoms with Crippen molar-refractivity contribution in [3.63, 3.8) is 0 Å². The van der Waals surface area contributed by atoms with Crippen molar-refractivity contribution in [2.45, 2.75) is 18.4 Å². The Hall–Kier alpha value is -1.18. The molecule has 25 heavy (non-hydrogen) atoms. The Morgan fingerprint density at radius 2 is 1.92 bits per heavy atom. The molecule has 0 bridgehead atoms. The summed E-state index contributed by atoms with van der Waals surface area (Å²) in [6, 6.07) is 0. The quantitative estimate of drug-likeness (QED) is 0.694. The highest BCUT2D eigenvalue weighted by Gasteiger charge is 2.59. The Morgan fingerprint density at radius 1 is 1.24 bits per heavy atom. The van der Waals surface area contributed by atoms with Crippen LogP contribution in [0.5, 0.6) is 0 Å². The fourth-order valence-electron chi connectivity index (χ4n) is 4.57. The molecule has 4 aliphatic rings. The second-order valence-corrected chi connectivity index (χ2v) is 8.31. The number of likely N-dealkylation sites (N-methyl/N-ethyl adjacent to an activating group) is 1. The minimum absolute atomic E-state index is 0.0804. The van der Waals surface area contributed by atoms with E-state index in [1.807, 2.05) is 23.9 Å². The lowest BCUT2D eigenvalue weighted by Gasteiger charge is -2.47. The maximum Gasteiger partial charge on any atom is 0.248 e. The summed E-state index contributed by atoms with van der Waals surface area (Å²) >= 11 is 0. The van der Waals surface area contributed by atoms with Gasteiger partial charge in [-0.25, -0.2) is 0 Å². The van der Waals surface area contributed by atoms with Gasteiger partial charge in [-0.3, -0.25) is 9.59 Å². The molecule has 1 spiro atoms. The number of piperidine rings is 1. The van der Waals surface area contributed by atoms with Gasteiger partial charge in [0, 0.05) is 38.6 Å². The van der Waals surface area contributed by atoms with Crippen LogP contribution in [0.3, 0.4) is 0 Å². The lowest BCUT2D eigenvalue weighted by atomic mass is 9.89. The lowest BCUT2D eigenvalue weighted by Crippen LogP contribution is -2.60. The Morgan fingerprint density at radius 3 is 2.56 bits per heavy atom. The van der Waals surface area contributed by atoms with Crippen LogP contribution in [0.4, 0.5) is 0 Å². The molecule has 4 rings (SSSR count). The molecule has 3 atom stereocenters. The second kappa shape index (κ2) is 6.52. The van der Waals surface area contributed by atoms with Gasteiger partial charge in [0.25, 0.3) is 0 Å². The summed E-state index contributed by atoms with van der Waals surface area (Å²) in [4.78, 5) is 30.9. The topological polar surface area (TPSA) is 62.3 Å². The fourth-order valence-corrected chi connectivity index (χ4v) is 4.57. The number of ether oxygens (including phenoxy) is 2. The summed E-state index contributed by atoms with van der Waals surface area (Å²) in [5, 5.41) is 0. The molecule has 0 radical (unpaired) electrons. The zero-order valence-electron chi connectivity index (χ0n) is 15.3. The average molecular weight is 351 g/mol. The van der Waals surface area contributed by atoms with Crippen molar-refractivity contribution in [2.24, 2.45) is 17.8 Å². The van der Waals surface area contributed by atoms with E-state index in [-0.39, 0.29) is 24.0 Å². The number of carbonyl (C=O) groups excluding carboxylic acids is 2. The SMILES string of the molecule is CN(C)CCN1CC2(CCN(C(=O)C3[C@H]4COC[C@@H]34)CC2)OCC1=O. The third kappa shape index (κ3) is 3.29. The molecule has 3 heterocycles. The smallest absolute Gasteiger partial charge is 0.248 e. The van der Waals surface area contributed by atoms with Crippen LogP contribution in [0.2, 0.25) is 0 Å². The number of morpholine rings is 1. The van der Waals surface area contributed by atoms with Gasteiger partial charge in [0.1, 0.15) is 6.61 Å². The van der Waals surface area contributed by atoms with Crippen LogP contribution in [0.25, 0.3) is 0 Å². The van der Waals surface area contributed by atoms with E-state index in [1.54, 1.807) is 0 Å². The summed E-state index contributed by atoms with van der Waals surface area (Å²) in [6.07, 6.45) is 1.64. The van der Waals surface area contributed by atoms with Gasteiger partial charge < -0.3 is 24.2 Å². The number of hydrogen-bond acceptors (Lipinski definition) is 5. The lowest BCUT2D eigenvalue weighted by molar-refractivity contribution is -0.173. The molecule has 7 heteroatoms. The molecule has 1 aliphatic carbocycles. The molecule has 1 saturated carbocycles. The number of nitrogens with zero attached hydrogens (tertiary/aromatic N) is 3. The van der Waals surface area contributed by atoms with Crippen LogP contribution in [0, 0.1) is 17.8 Å². The summed E-state index contributed by atoms with van der Waals surface area (Å²) in [6.45, 7) is 5.42. The highest BCUT2D eigenvalue weighted by atomic mass is 16.5. The second-order valence-electron chi connectivity index (χ2n) is 8.31. The van der Waals surface area contributed by atoms with E-state index in [2.05, 4.69) is 4.90 Å². The first-order valence-corrected chi connectivity index (χ1v) is 9.42. The monoisotopic (exact) mass is 351 g/mol. The summed E-state index contributed by atoms with van der Waals surface area (Å²) in [5.41, 5.74) is -0.264. The van der Waals surface area contributed by atoms with Gasteiger partial charge >= 0.3 is 0 Å². The summed E-state index contributed by atoms with van der Waals surface area (Å²) < 4.78 is 11.4. The number of fused-ring (bicyclic) bond motifs is 1. The number of amides is 2. The summed E-state index contributed by atoms with van der Waals surface area (Å²) in [5.74, 6) is 1.52. The number of rotatable bonds is 4. The molecular formula is C18H29N3O4. The normalized spacial score (nSPS) is 33.9. The van der Waals surface area contributed by atoms with Crippen molar-refractivity contribution >= 4 is 11.8 Å². The predicted octanol–water partition coefficient (Wildman–Crippen LogP) is -0.340. The predicted molar refractivity (Wildman–Crippen MR) is 90.9 cm³/mol. The van der Waals surface area contributed by atoms with Crippen molar-refractivity contribution in [1.29, 1.82) is 0 Å². The molecule has 0 aromatic rings. The van der Waals surface area contributed by atoms with E-state index in [1.165, 1.54) is 0 Å². The highest BCUT2D eigenvalue weighted by Crippen LogP contribution is 2.51. The van der Waals surface area contributed by atoms with Gasteiger partial charge in [0.15, 0.2) is 0 Å². The first kappa shape index (κ1) is 17.2. The van der Waals surface area contributed by atoms with E-state index in [4.69, 9.17) is 9.47 Å². The third-order valence-electron chi connectivity index (χ3n) is 6.37. The molecule has 7 nitrogen and oxygen atoms in total. The van der Waals surface area contributed by atoms with Gasteiger partial charge in [-0.05, 0) is 38.8 Å². The molecule has 3 saturated heterocycles. The molecule has 0 aromatic carbocycles. The minimum Gasteiger partial charge on any atom is -0.381 e. The van der Waals surface area contributed by atoms with Gasteiger partial charge in [-0.1, -0.05) is 0 Å². The van der Waals surface area contributed by atoms with Crippen LogP contribution < -0.4 is 0 Å². The van der Waals surface area contributed by atoms with E-state index in [0.717, 1.165) is 52.2 Å². The Labute approximate surface area is 149 Å². The van der Waals surface area contributed by atoms with E-state index >= 15 is 0 Å². The van der Waals surface area contributed by atoms with Crippen molar-refractivity contribution in [3.05, 3.63) is 0 Å². The van der Waals surface area contributed by atoms with Crippen molar-refractivity contribution in [1.82, 2.24) is 14.7 Å². The molecule has 3 aliphatic heterocycles. The van der Waals surface area contributed by atoms with E-state index < -0.39 is 0 Å². The maximum atomic E-state index is 12.7.